The zero-order valence-electron chi connectivity index (χ0n) is 16.9. The Morgan fingerprint density at radius 1 is 1.39 bits per heavy atom. The van der Waals surface area contributed by atoms with E-state index in [-0.39, 0.29) is 28.3 Å². The first-order chi connectivity index (χ1) is 15.8. The highest BCUT2D eigenvalue weighted by Crippen LogP contribution is 2.42. The van der Waals surface area contributed by atoms with Crippen molar-refractivity contribution in [2.45, 2.75) is 30.4 Å². The van der Waals surface area contributed by atoms with Crippen molar-refractivity contribution in [3.8, 4) is 0 Å². The quantitative estimate of drug-likeness (QED) is 0.204. The van der Waals surface area contributed by atoms with Crippen LogP contribution in [-0.4, -0.2) is 86.0 Å². The number of carboxylic acids is 2. The van der Waals surface area contributed by atoms with Crippen LogP contribution in [0.3, 0.4) is 0 Å². The first-order valence-electron chi connectivity index (χ1n) is 9.74. The smallest absolute Gasteiger partial charge is 0.352 e. The molecule has 0 aromatic carbocycles. The van der Waals surface area contributed by atoms with Crippen LogP contribution in [0.2, 0.25) is 0 Å². The van der Waals surface area contributed by atoms with Gasteiger partial charge in [-0.15, -0.1) is 23.1 Å². The zero-order chi connectivity index (χ0) is 23.7. The number of fused-ring (bicyclic) bond motifs is 1. The van der Waals surface area contributed by atoms with Crippen molar-refractivity contribution in [2.75, 3.05) is 24.7 Å². The molecule has 0 spiro atoms. The summed E-state index contributed by atoms with van der Waals surface area (Å²) < 4.78 is 5.61. The van der Waals surface area contributed by atoms with Crippen molar-refractivity contribution in [3.63, 3.8) is 0 Å². The normalized spacial score (nSPS) is 24.8. The third-order valence-electron chi connectivity index (χ3n) is 5.13. The number of carboxylic acid groups (broad SMARTS) is 2. The van der Waals surface area contributed by atoms with Gasteiger partial charge in [0.2, 0.25) is 6.61 Å². The number of carbonyl (C=O) groups excluding carboxylic acids is 2. The first-order valence-corrected chi connectivity index (χ1v) is 11.7. The third-order valence-corrected chi connectivity index (χ3v) is 7.10. The fourth-order valence-electron chi connectivity index (χ4n) is 3.70. The number of carbonyl (C=O) groups is 4. The molecule has 3 aliphatic rings. The molecule has 4 rings (SSSR count). The lowest BCUT2D eigenvalue weighted by molar-refractivity contribution is -0.150. The molecule has 13 nitrogen and oxygen atoms in total. The largest absolute Gasteiger partial charge is 0.479 e. The predicted octanol–water partition coefficient (Wildman–Crippen LogP) is -0.552. The van der Waals surface area contributed by atoms with Crippen LogP contribution in [0.5, 0.6) is 0 Å². The van der Waals surface area contributed by atoms with Crippen LogP contribution in [0, 0.1) is 0 Å². The standard InChI is InChI=1S/C18H19N5O8S2/c19-18-20-8(6-33-18)11(22-31-4-10(24)25)14(26)21-12-15(27)23-13(17(28)29)7(5-32-16(12)23)9-2-1-3-30-9/h6,9,12,16H,1-5H2,(H2,19,20)(H,21,26)(H,24,25)(H,28,29)/b22-11+/t9?,12-,16-/m1/s1. The molecule has 1 aromatic rings. The lowest BCUT2D eigenvalue weighted by Gasteiger charge is -2.49. The fourth-order valence-corrected chi connectivity index (χ4v) is 5.66. The van der Waals surface area contributed by atoms with Crippen molar-refractivity contribution < 1.29 is 39.0 Å². The molecule has 33 heavy (non-hydrogen) atoms. The number of thioether (sulfide) groups is 1. The van der Waals surface area contributed by atoms with Crippen molar-refractivity contribution in [3.05, 3.63) is 22.3 Å². The Kier molecular flexibility index (Phi) is 6.53. The van der Waals surface area contributed by atoms with E-state index in [9.17, 15) is 24.3 Å². The van der Waals surface area contributed by atoms with Gasteiger partial charge in [0.25, 0.3) is 11.8 Å². The number of nitrogen functional groups attached to an aromatic ring is 1. The van der Waals surface area contributed by atoms with Crippen LogP contribution >= 0.6 is 23.1 Å². The summed E-state index contributed by atoms with van der Waals surface area (Å²) in [5.74, 6) is -3.61. The second-order valence-corrected chi connectivity index (χ2v) is 9.21. The molecule has 15 heteroatoms. The Morgan fingerprint density at radius 3 is 2.79 bits per heavy atom. The average molecular weight is 498 g/mol. The van der Waals surface area contributed by atoms with Gasteiger partial charge in [0.1, 0.15) is 22.8 Å². The number of aliphatic carboxylic acids is 2. The van der Waals surface area contributed by atoms with E-state index in [1.807, 2.05) is 0 Å². The van der Waals surface area contributed by atoms with Gasteiger partial charge in [0.15, 0.2) is 10.8 Å². The maximum Gasteiger partial charge on any atom is 0.352 e. The van der Waals surface area contributed by atoms with E-state index in [1.165, 1.54) is 17.1 Å². The molecule has 0 saturated carbocycles. The molecule has 2 amide bonds. The maximum atomic E-state index is 12.9. The molecule has 1 aromatic heterocycles. The summed E-state index contributed by atoms with van der Waals surface area (Å²) in [6.07, 6.45) is 1.16. The van der Waals surface area contributed by atoms with E-state index in [0.717, 1.165) is 22.7 Å². The summed E-state index contributed by atoms with van der Waals surface area (Å²) >= 11 is 2.36. The van der Waals surface area contributed by atoms with Crippen LogP contribution in [0.25, 0.3) is 0 Å². The molecule has 5 N–H and O–H groups in total. The van der Waals surface area contributed by atoms with Crippen LogP contribution in [-0.2, 0) is 28.8 Å². The van der Waals surface area contributed by atoms with Gasteiger partial charge >= 0.3 is 11.9 Å². The molecule has 2 saturated heterocycles. The molecule has 4 heterocycles. The van der Waals surface area contributed by atoms with Crippen LogP contribution in [0.1, 0.15) is 18.5 Å². The summed E-state index contributed by atoms with van der Waals surface area (Å²) in [6.45, 7) is -0.251. The molecule has 3 atom stereocenters. The van der Waals surface area contributed by atoms with Gasteiger partial charge in [-0.1, -0.05) is 5.16 Å². The molecular formula is C18H19N5O8S2. The number of nitrogens with one attached hydrogen (secondary N) is 1. The molecule has 1 unspecified atom stereocenters. The van der Waals surface area contributed by atoms with Crippen LogP contribution in [0.15, 0.2) is 21.8 Å². The number of aromatic nitrogens is 1. The Bertz CT molecular complexity index is 1060. The number of nitrogens with two attached hydrogens (primary N) is 1. The van der Waals surface area contributed by atoms with Gasteiger partial charge in [-0.2, -0.15) is 0 Å². The van der Waals surface area contributed by atoms with E-state index >= 15 is 0 Å². The third kappa shape index (κ3) is 4.51. The number of oxime groups is 1. The number of hydrogen-bond donors (Lipinski definition) is 4. The highest BCUT2D eigenvalue weighted by Gasteiger charge is 2.55. The van der Waals surface area contributed by atoms with Crippen molar-refractivity contribution in [1.29, 1.82) is 0 Å². The Morgan fingerprint density at radius 2 is 2.18 bits per heavy atom. The summed E-state index contributed by atoms with van der Waals surface area (Å²) in [5, 5.41) is 25.5. The number of ether oxygens (including phenoxy) is 1. The van der Waals surface area contributed by atoms with Gasteiger partial charge < -0.3 is 30.8 Å². The summed E-state index contributed by atoms with van der Waals surface area (Å²) in [4.78, 5) is 58.1. The minimum Gasteiger partial charge on any atom is -0.479 e. The van der Waals surface area contributed by atoms with E-state index in [2.05, 4.69) is 20.3 Å². The minimum absolute atomic E-state index is 0.0482. The molecule has 2 fully saturated rings. The van der Waals surface area contributed by atoms with Crippen molar-refractivity contribution >= 4 is 57.7 Å². The lowest BCUT2D eigenvalue weighted by atomic mass is 9.99. The minimum atomic E-state index is -1.30. The molecule has 176 valence electrons. The first kappa shape index (κ1) is 23.0. The monoisotopic (exact) mass is 497 g/mol. The number of β-lactam (4-membered cyclic amide) rings is 1. The number of rotatable bonds is 8. The van der Waals surface area contributed by atoms with Gasteiger partial charge in [-0.3, -0.25) is 14.5 Å². The topological polar surface area (TPSA) is 194 Å². The Hall–Kier alpha value is -3.17. The summed E-state index contributed by atoms with van der Waals surface area (Å²) in [5.41, 5.74) is 5.75. The Balaban J connectivity index is 1.52. The fraction of sp³-hybridized carbons (Fsp3) is 0.444. The molecule has 0 bridgehead atoms. The predicted molar refractivity (Wildman–Crippen MR) is 115 cm³/mol. The van der Waals surface area contributed by atoms with E-state index in [1.54, 1.807) is 0 Å². The number of amides is 2. The van der Waals surface area contributed by atoms with Gasteiger partial charge in [-0.25, -0.2) is 14.6 Å². The highest BCUT2D eigenvalue weighted by atomic mass is 32.2. The number of hydrogen-bond acceptors (Lipinski definition) is 11. The summed E-state index contributed by atoms with van der Waals surface area (Å²) in [7, 11) is 0. The Labute approximate surface area is 194 Å². The van der Waals surface area contributed by atoms with E-state index in [0.29, 0.717) is 24.4 Å². The van der Waals surface area contributed by atoms with Gasteiger partial charge in [0, 0.05) is 17.7 Å². The summed E-state index contributed by atoms with van der Waals surface area (Å²) in [6, 6.07) is -1.01. The lowest BCUT2D eigenvalue weighted by Crippen LogP contribution is -2.71. The van der Waals surface area contributed by atoms with Crippen LogP contribution in [0.4, 0.5) is 5.13 Å². The average Bonchev–Trinajstić information content (AvgIpc) is 3.45. The number of nitrogens with zero attached hydrogens (tertiary/aromatic N) is 3. The van der Waals surface area contributed by atoms with E-state index in [4.69, 9.17) is 15.6 Å². The second kappa shape index (κ2) is 9.36. The molecule has 0 aliphatic carbocycles. The second-order valence-electron chi connectivity index (χ2n) is 7.22. The van der Waals surface area contributed by atoms with E-state index < -0.39 is 41.8 Å². The van der Waals surface area contributed by atoms with Crippen LogP contribution < -0.4 is 11.1 Å². The molecule has 0 radical (unpaired) electrons. The maximum absolute atomic E-state index is 12.9. The van der Waals surface area contributed by atoms with Crippen molar-refractivity contribution in [1.82, 2.24) is 15.2 Å². The molecular weight excluding hydrogens is 478 g/mol. The SMILES string of the molecule is Nc1nc(/C(=N\OCC(=O)O)C(=O)N[C@@H]2C(=O)N3C(C(=O)O)=C(C4CCCO4)CS[C@H]23)cs1. The van der Waals surface area contributed by atoms with Gasteiger partial charge in [0.05, 0.1) is 6.10 Å². The molecule has 3 aliphatic heterocycles. The van der Waals surface area contributed by atoms with Crippen molar-refractivity contribution in [2.24, 2.45) is 5.16 Å². The van der Waals surface area contributed by atoms with Gasteiger partial charge in [-0.05, 0) is 18.4 Å². The highest BCUT2D eigenvalue weighted by molar-refractivity contribution is 8.00. The number of thiazole rings is 1. The number of anilines is 1. The zero-order valence-corrected chi connectivity index (χ0v) is 18.6.